The summed E-state index contributed by atoms with van der Waals surface area (Å²) in [4.78, 5) is 18.6. The minimum absolute atomic E-state index is 0.367. The van der Waals surface area contributed by atoms with Gasteiger partial charge >= 0.3 is 6.09 Å². The predicted molar refractivity (Wildman–Crippen MR) is 98.4 cm³/mol. The lowest BCUT2D eigenvalue weighted by Crippen LogP contribution is -2.39. The van der Waals surface area contributed by atoms with Gasteiger partial charge in [-0.15, -0.1) is 0 Å². The maximum atomic E-state index is 11.5. The average Bonchev–Trinajstić information content (AvgIpc) is 2.88. The molecule has 7 nitrogen and oxygen atoms in total. The van der Waals surface area contributed by atoms with Gasteiger partial charge in [-0.2, -0.15) is 0 Å². The predicted octanol–water partition coefficient (Wildman–Crippen LogP) is 1.41. The molecule has 1 aliphatic heterocycles. The Morgan fingerprint density at radius 3 is 2.54 bits per heavy atom. The maximum absolute atomic E-state index is 11.5. The van der Waals surface area contributed by atoms with Crippen molar-refractivity contribution in [1.29, 1.82) is 0 Å². The number of guanidine groups is 1. The van der Waals surface area contributed by atoms with Crippen LogP contribution in [0.1, 0.15) is 40.5 Å². The molecule has 0 aromatic carbocycles. The van der Waals surface area contributed by atoms with Gasteiger partial charge in [0.05, 0.1) is 0 Å². The van der Waals surface area contributed by atoms with E-state index in [-0.39, 0.29) is 6.09 Å². The molecule has 0 bridgehead atoms. The molecule has 24 heavy (non-hydrogen) atoms. The van der Waals surface area contributed by atoms with Crippen molar-refractivity contribution in [2.24, 2.45) is 10.9 Å². The average molecular weight is 342 g/mol. The van der Waals surface area contributed by atoms with Crippen LogP contribution in [0.3, 0.4) is 0 Å². The first kappa shape index (κ1) is 20.5. The summed E-state index contributed by atoms with van der Waals surface area (Å²) in [5, 5.41) is 9.33. The number of rotatable bonds is 7. The Morgan fingerprint density at radius 1 is 1.25 bits per heavy atom. The van der Waals surface area contributed by atoms with Gasteiger partial charge < -0.3 is 25.6 Å². The van der Waals surface area contributed by atoms with Gasteiger partial charge in [-0.1, -0.05) is 0 Å². The summed E-state index contributed by atoms with van der Waals surface area (Å²) in [6.45, 7) is 13.0. The fourth-order valence-corrected chi connectivity index (χ4v) is 2.54. The summed E-state index contributed by atoms with van der Waals surface area (Å²) >= 11 is 0. The van der Waals surface area contributed by atoms with Crippen LogP contribution in [0.15, 0.2) is 4.99 Å². The van der Waals surface area contributed by atoms with Gasteiger partial charge in [-0.25, -0.2) is 4.79 Å². The van der Waals surface area contributed by atoms with Crippen LogP contribution >= 0.6 is 0 Å². The van der Waals surface area contributed by atoms with Crippen molar-refractivity contribution in [3.8, 4) is 0 Å². The van der Waals surface area contributed by atoms with Crippen molar-refractivity contribution in [3.63, 3.8) is 0 Å². The summed E-state index contributed by atoms with van der Waals surface area (Å²) in [5.74, 6) is 1.50. The van der Waals surface area contributed by atoms with Gasteiger partial charge in [-0.3, -0.25) is 4.99 Å². The molecule has 0 aromatic heterocycles. The van der Waals surface area contributed by atoms with Crippen LogP contribution in [0.5, 0.6) is 0 Å². The van der Waals surface area contributed by atoms with Gasteiger partial charge in [0.1, 0.15) is 5.60 Å². The van der Waals surface area contributed by atoms with Crippen molar-refractivity contribution in [3.05, 3.63) is 0 Å². The molecule has 1 fully saturated rings. The Balaban J connectivity index is 2.20. The number of nitrogens with one attached hydrogen (secondary N) is 3. The van der Waals surface area contributed by atoms with Gasteiger partial charge in [0, 0.05) is 32.7 Å². The molecule has 1 heterocycles. The third kappa shape index (κ3) is 9.60. The molecule has 0 radical (unpaired) electrons. The number of nitrogens with zero attached hydrogens (tertiary/aromatic N) is 2. The molecule has 140 valence electrons. The van der Waals surface area contributed by atoms with E-state index in [1.807, 2.05) is 20.8 Å². The largest absolute Gasteiger partial charge is 0.444 e. The first-order valence-corrected chi connectivity index (χ1v) is 8.97. The molecule has 0 saturated carbocycles. The number of likely N-dealkylation sites (tertiary alicyclic amines) is 1. The fourth-order valence-electron chi connectivity index (χ4n) is 2.54. The molecule has 1 atom stereocenters. The highest BCUT2D eigenvalue weighted by molar-refractivity contribution is 5.79. The SMILES string of the molecule is CCNC(=NCC1CCN(C)C1)NCCCNC(=O)OC(C)(C)C. The summed E-state index contributed by atoms with van der Waals surface area (Å²) in [6, 6.07) is 0. The van der Waals surface area contributed by atoms with E-state index in [1.54, 1.807) is 0 Å². The molecule has 1 aliphatic rings. The first-order valence-electron chi connectivity index (χ1n) is 8.97. The lowest BCUT2D eigenvalue weighted by Gasteiger charge is -2.19. The minimum Gasteiger partial charge on any atom is -0.444 e. The highest BCUT2D eigenvalue weighted by atomic mass is 16.6. The molecule has 1 amide bonds. The maximum Gasteiger partial charge on any atom is 0.407 e. The molecule has 3 N–H and O–H groups in total. The van der Waals surface area contributed by atoms with Gasteiger partial charge in [-0.05, 0) is 60.0 Å². The van der Waals surface area contributed by atoms with Crippen LogP contribution in [0, 0.1) is 5.92 Å². The van der Waals surface area contributed by atoms with E-state index in [1.165, 1.54) is 13.0 Å². The second-order valence-electron chi connectivity index (χ2n) is 7.35. The summed E-state index contributed by atoms with van der Waals surface area (Å²) in [5.41, 5.74) is -0.457. The Bertz CT molecular complexity index is 406. The van der Waals surface area contributed by atoms with E-state index in [9.17, 15) is 4.79 Å². The van der Waals surface area contributed by atoms with Crippen LogP contribution in [-0.2, 0) is 4.74 Å². The smallest absolute Gasteiger partial charge is 0.407 e. The highest BCUT2D eigenvalue weighted by Gasteiger charge is 2.19. The molecular weight excluding hydrogens is 306 g/mol. The molecule has 0 aromatic rings. The monoisotopic (exact) mass is 341 g/mol. The Labute approximate surface area is 146 Å². The first-order chi connectivity index (χ1) is 11.3. The summed E-state index contributed by atoms with van der Waals surface area (Å²) in [7, 11) is 2.16. The second kappa shape index (κ2) is 10.4. The molecule has 1 saturated heterocycles. The van der Waals surface area contributed by atoms with Crippen LogP contribution in [0.25, 0.3) is 0 Å². The third-order valence-corrected chi connectivity index (χ3v) is 3.65. The Kier molecular flexibility index (Phi) is 8.89. The number of carbonyl (C=O) groups is 1. The molecule has 7 heteroatoms. The topological polar surface area (TPSA) is 78.0 Å². The van der Waals surface area contributed by atoms with Crippen LogP contribution in [-0.4, -0.2) is 68.9 Å². The molecule has 0 spiro atoms. The summed E-state index contributed by atoms with van der Waals surface area (Å²) < 4.78 is 5.20. The standard InChI is InChI=1S/C17H35N5O2/c1-6-18-15(21-12-14-8-11-22(5)13-14)19-9-7-10-20-16(23)24-17(2,3)4/h14H,6-13H2,1-5H3,(H,20,23)(H2,18,19,21). The van der Waals surface area contributed by atoms with Gasteiger partial charge in [0.2, 0.25) is 0 Å². The van der Waals surface area contributed by atoms with Crippen molar-refractivity contribution >= 4 is 12.1 Å². The number of aliphatic imine (C=N–C) groups is 1. The molecule has 1 unspecified atom stereocenters. The quantitative estimate of drug-likeness (QED) is 0.371. The van der Waals surface area contributed by atoms with Crippen LogP contribution in [0.2, 0.25) is 0 Å². The Morgan fingerprint density at radius 2 is 1.96 bits per heavy atom. The minimum atomic E-state index is -0.457. The zero-order valence-electron chi connectivity index (χ0n) is 15.9. The lowest BCUT2D eigenvalue weighted by molar-refractivity contribution is 0.0527. The van der Waals surface area contributed by atoms with Crippen molar-refractivity contribution in [2.75, 3.05) is 46.3 Å². The lowest BCUT2D eigenvalue weighted by atomic mass is 10.1. The van der Waals surface area contributed by atoms with E-state index in [2.05, 4.69) is 39.8 Å². The zero-order chi connectivity index (χ0) is 18.0. The van der Waals surface area contributed by atoms with E-state index >= 15 is 0 Å². The highest BCUT2D eigenvalue weighted by Crippen LogP contribution is 2.14. The van der Waals surface area contributed by atoms with Crippen molar-refractivity contribution < 1.29 is 9.53 Å². The number of amides is 1. The zero-order valence-corrected chi connectivity index (χ0v) is 15.9. The van der Waals surface area contributed by atoms with E-state index in [4.69, 9.17) is 4.74 Å². The number of alkyl carbamates (subject to hydrolysis) is 1. The van der Waals surface area contributed by atoms with Crippen LogP contribution in [0.4, 0.5) is 4.79 Å². The summed E-state index contributed by atoms with van der Waals surface area (Å²) in [6.07, 6.45) is 1.67. The third-order valence-electron chi connectivity index (χ3n) is 3.65. The number of ether oxygens (including phenoxy) is 1. The number of hydrogen-bond acceptors (Lipinski definition) is 4. The molecule has 0 aliphatic carbocycles. The normalized spacial score (nSPS) is 19.2. The Hall–Kier alpha value is -1.50. The second-order valence-corrected chi connectivity index (χ2v) is 7.35. The van der Waals surface area contributed by atoms with Gasteiger partial charge in [0.25, 0.3) is 0 Å². The molecular formula is C17H35N5O2. The van der Waals surface area contributed by atoms with Crippen LogP contribution < -0.4 is 16.0 Å². The van der Waals surface area contributed by atoms with E-state index in [0.29, 0.717) is 12.5 Å². The number of hydrogen-bond donors (Lipinski definition) is 3. The van der Waals surface area contributed by atoms with E-state index in [0.717, 1.165) is 38.6 Å². The number of carbonyl (C=O) groups excluding carboxylic acids is 1. The molecule has 1 rings (SSSR count). The van der Waals surface area contributed by atoms with Gasteiger partial charge in [0.15, 0.2) is 5.96 Å². The fraction of sp³-hybridized carbons (Fsp3) is 0.882. The van der Waals surface area contributed by atoms with Crippen molar-refractivity contribution in [1.82, 2.24) is 20.9 Å². The van der Waals surface area contributed by atoms with E-state index < -0.39 is 5.60 Å². The van der Waals surface area contributed by atoms with Crippen molar-refractivity contribution in [2.45, 2.75) is 46.1 Å².